The molecule has 0 unspecified atom stereocenters. The predicted molar refractivity (Wildman–Crippen MR) is 168 cm³/mol. The van der Waals surface area contributed by atoms with Gasteiger partial charge in [-0.15, -0.1) is 16.0 Å². The molecule has 5 rings (SSSR count). The maximum absolute atomic E-state index is 15.3. The van der Waals surface area contributed by atoms with E-state index in [1.807, 2.05) is 35.9 Å². The second-order valence-corrected chi connectivity index (χ2v) is 12.1. The van der Waals surface area contributed by atoms with Crippen LogP contribution in [0.3, 0.4) is 0 Å². The van der Waals surface area contributed by atoms with Crippen molar-refractivity contribution in [2.24, 2.45) is 0 Å². The molecule has 0 saturated carbocycles. The average Bonchev–Trinajstić information content (AvgIpc) is 3.68. The topological polar surface area (TPSA) is 117 Å². The van der Waals surface area contributed by atoms with Crippen molar-refractivity contribution in [2.75, 3.05) is 13.6 Å². The number of nitrogens with one attached hydrogen (secondary N) is 1. The summed E-state index contributed by atoms with van der Waals surface area (Å²) in [5.41, 5.74) is 2.62. The molecule has 2 atom stereocenters. The van der Waals surface area contributed by atoms with Gasteiger partial charge in [-0.2, -0.15) is 5.26 Å². The fourth-order valence-corrected chi connectivity index (χ4v) is 6.38. The van der Waals surface area contributed by atoms with Crippen LogP contribution in [0.2, 0.25) is 0 Å². The summed E-state index contributed by atoms with van der Waals surface area (Å²) in [7, 11) is 1.67. The van der Waals surface area contributed by atoms with Crippen LogP contribution in [0.1, 0.15) is 45.7 Å². The Bertz CT molecular complexity index is 1890. The molecule has 3 aromatic carbocycles. The zero-order chi connectivity index (χ0) is 33.0. The number of aromatic nitrogens is 4. The molecular formula is C34H33F2N6O3S+. The second-order valence-electron chi connectivity index (χ2n) is 11.2. The highest BCUT2D eigenvalue weighted by molar-refractivity contribution is 7.10. The van der Waals surface area contributed by atoms with Crippen molar-refractivity contribution < 1.29 is 28.0 Å². The molecule has 0 radical (unpaired) electrons. The Morgan fingerprint density at radius 2 is 1.89 bits per heavy atom. The van der Waals surface area contributed by atoms with E-state index in [2.05, 4.69) is 16.5 Å². The first-order valence-electron chi connectivity index (χ1n) is 14.5. The lowest BCUT2D eigenvalue weighted by Crippen LogP contribution is -2.39. The van der Waals surface area contributed by atoms with Gasteiger partial charge in [0, 0.05) is 33.6 Å². The van der Waals surface area contributed by atoms with Crippen LogP contribution in [-0.2, 0) is 23.5 Å². The van der Waals surface area contributed by atoms with Crippen LogP contribution in [0.25, 0.3) is 11.3 Å². The van der Waals surface area contributed by atoms with Gasteiger partial charge in [0.2, 0.25) is 6.33 Å². The van der Waals surface area contributed by atoms with Crippen LogP contribution >= 0.6 is 11.3 Å². The number of hydrogen-bond acceptors (Lipinski definition) is 8. The summed E-state index contributed by atoms with van der Waals surface area (Å²) in [5, 5.41) is 31.0. The van der Waals surface area contributed by atoms with Crippen molar-refractivity contribution in [3.8, 4) is 23.1 Å². The largest absolute Gasteiger partial charge is 0.425 e. The molecule has 0 amide bonds. The van der Waals surface area contributed by atoms with Gasteiger partial charge >= 0.3 is 5.97 Å². The minimum Gasteiger partial charge on any atom is -0.425 e. The number of hydrogen-bond donors (Lipinski definition) is 2. The number of nitrogens with zero attached hydrogens (tertiary/aromatic N) is 5. The Kier molecular flexibility index (Phi) is 9.67. The van der Waals surface area contributed by atoms with Gasteiger partial charge < -0.3 is 15.2 Å². The van der Waals surface area contributed by atoms with E-state index in [0.29, 0.717) is 28.6 Å². The molecule has 2 heterocycles. The maximum Gasteiger partial charge on any atom is 0.325 e. The lowest BCUT2D eigenvalue weighted by atomic mass is 9.82. The summed E-state index contributed by atoms with van der Waals surface area (Å²) in [6, 6.07) is 16.1. The van der Waals surface area contributed by atoms with Gasteiger partial charge in [-0.05, 0) is 67.9 Å². The normalized spacial score (nSPS) is 13.2. The third kappa shape index (κ3) is 7.02. The molecule has 236 valence electrons. The number of aryl methyl sites for hydroxylation is 2. The first-order chi connectivity index (χ1) is 22.0. The van der Waals surface area contributed by atoms with E-state index in [-0.39, 0.29) is 24.6 Å². The van der Waals surface area contributed by atoms with Gasteiger partial charge in [-0.1, -0.05) is 25.1 Å². The Morgan fingerprint density at radius 1 is 1.17 bits per heavy atom. The number of benzene rings is 3. The number of carbonyl (C=O) groups excluding carboxylic acids is 1. The molecule has 2 N–H and O–H groups in total. The predicted octanol–water partition coefficient (Wildman–Crippen LogP) is 4.93. The fraction of sp³-hybridized carbons (Fsp3) is 0.265. The van der Waals surface area contributed by atoms with E-state index < -0.39 is 23.2 Å². The Balaban J connectivity index is 1.41. The fourth-order valence-electron chi connectivity index (χ4n) is 5.41. The molecule has 0 aliphatic carbocycles. The minimum atomic E-state index is -1.85. The number of nitriles is 1. The van der Waals surface area contributed by atoms with Gasteiger partial charge in [-0.25, -0.2) is 18.3 Å². The first-order valence-corrected chi connectivity index (χ1v) is 15.4. The molecule has 0 aliphatic heterocycles. The standard InChI is InChI=1S/C34H33F2N6O3S/c1-21-11-25(12-22(2)32(21)45-31(43)15-38-4)16-41-19-39-42(20-41)18-34(44,28-10-9-27(35)13-29(28)36)23(3)33-40-30(17-46-33)26-7-5-24(14-37)6-8-26/h5-13,17,19-20,23,38,44H,15-16,18H2,1-4H3/q+1/t23-,34+/m0/s1. The van der Waals surface area contributed by atoms with Crippen LogP contribution in [0.15, 0.2) is 72.6 Å². The van der Waals surface area contributed by atoms with Crippen molar-refractivity contribution in [3.63, 3.8) is 0 Å². The van der Waals surface area contributed by atoms with Gasteiger partial charge in [0.15, 0.2) is 0 Å². The van der Waals surface area contributed by atoms with Gasteiger partial charge in [-0.3, -0.25) is 4.79 Å². The van der Waals surface area contributed by atoms with Gasteiger partial charge in [0.1, 0.15) is 29.5 Å². The number of carbonyl (C=O) groups is 1. The molecule has 0 saturated heterocycles. The van der Waals surface area contributed by atoms with Crippen molar-refractivity contribution >= 4 is 17.3 Å². The number of ether oxygens (including phenoxy) is 1. The molecule has 0 fully saturated rings. The van der Waals surface area contributed by atoms with E-state index >= 15 is 4.39 Å². The molecule has 2 aromatic heterocycles. The third-order valence-corrected chi connectivity index (χ3v) is 8.80. The monoisotopic (exact) mass is 643 g/mol. The summed E-state index contributed by atoms with van der Waals surface area (Å²) in [4.78, 5) is 16.7. The van der Waals surface area contributed by atoms with Crippen LogP contribution in [0, 0.1) is 36.8 Å². The van der Waals surface area contributed by atoms with Crippen molar-refractivity contribution in [1.82, 2.24) is 20.1 Å². The molecular weight excluding hydrogens is 610 g/mol. The highest BCUT2D eigenvalue weighted by Gasteiger charge is 2.43. The lowest BCUT2D eigenvalue weighted by Gasteiger charge is -2.32. The SMILES string of the molecule is CNCC(=O)Oc1c(C)cc(C[n+]2cnn(C[C@](O)(c3ccc(F)cc3F)[C@@H](C)c3nc(-c4ccc(C#N)cc4)cs3)c2)cc1C. The molecule has 12 heteroatoms. The summed E-state index contributed by atoms with van der Waals surface area (Å²) in [6.07, 6.45) is 3.30. The summed E-state index contributed by atoms with van der Waals surface area (Å²) in [6.45, 7) is 5.88. The Hall–Kier alpha value is -4.83. The van der Waals surface area contributed by atoms with Crippen molar-refractivity contribution in [2.45, 2.75) is 45.4 Å². The highest BCUT2D eigenvalue weighted by atomic mass is 32.1. The lowest BCUT2D eigenvalue weighted by molar-refractivity contribution is -0.689. The molecule has 0 bridgehead atoms. The zero-order valence-corrected chi connectivity index (χ0v) is 26.6. The number of esters is 1. The third-order valence-electron chi connectivity index (χ3n) is 7.77. The molecule has 0 aliphatic rings. The molecule has 46 heavy (non-hydrogen) atoms. The molecule has 0 spiro atoms. The highest BCUT2D eigenvalue weighted by Crippen LogP contribution is 2.41. The van der Waals surface area contributed by atoms with Crippen LogP contribution < -0.4 is 14.6 Å². The Morgan fingerprint density at radius 3 is 2.54 bits per heavy atom. The first kappa shape index (κ1) is 32.6. The van der Waals surface area contributed by atoms with E-state index in [1.54, 1.807) is 50.9 Å². The van der Waals surface area contributed by atoms with Gasteiger partial charge in [0.25, 0.3) is 6.33 Å². The number of likely N-dealkylation sites (N-methyl/N-ethyl adjacent to an activating group) is 1. The number of rotatable bonds is 11. The number of thiazole rings is 1. The number of halogens is 2. The van der Waals surface area contributed by atoms with Crippen LogP contribution in [0.4, 0.5) is 8.78 Å². The van der Waals surface area contributed by atoms with E-state index in [9.17, 15) is 14.3 Å². The van der Waals surface area contributed by atoms with Crippen molar-refractivity contribution in [3.05, 3.63) is 117 Å². The minimum absolute atomic E-state index is 0.0757. The summed E-state index contributed by atoms with van der Waals surface area (Å²) >= 11 is 1.32. The van der Waals surface area contributed by atoms with E-state index in [1.165, 1.54) is 22.1 Å². The summed E-state index contributed by atoms with van der Waals surface area (Å²) < 4.78 is 38.0. The van der Waals surface area contributed by atoms with Gasteiger partial charge in [0.05, 0.1) is 35.4 Å². The smallest absolute Gasteiger partial charge is 0.325 e. The molecule has 9 nitrogen and oxygen atoms in total. The quantitative estimate of drug-likeness (QED) is 0.119. The number of aliphatic hydroxyl groups is 1. The van der Waals surface area contributed by atoms with Crippen LogP contribution in [0.5, 0.6) is 5.75 Å². The Labute approximate surface area is 269 Å². The second kappa shape index (κ2) is 13.7. The maximum atomic E-state index is 15.3. The summed E-state index contributed by atoms with van der Waals surface area (Å²) in [5.74, 6) is -2.20. The zero-order valence-electron chi connectivity index (χ0n) is 25.8. The van der Waals surface area contributed by atoms with Crippen LogP contribution in [-0.4, -0.2) is 39.4 Å². The van der Waals surface area contributed by atoms with E-state index in [4.69, 9.17) is 15.0 Å². The van der Waals surface area contributed by atoms with E-state index in [0.717, 1.165) is 34.4 Å². The van der Waals surface area contributed by atoms with Crippen molar-refractivity contribution in [1.29, 1.82) is 5.26 Å². The average molecular weight is 644 g/mol. The molecule has 5 aromatic rings.